The van der Waals surface area contributed by atoms with Crippen molar-refractivity contribution in [3.8, 4) is 6.07 Å². The van der Waals surface area contributed by atoms with Crippen LogP contribution in [0, 0.1) is 11.3 Å². The SMILES string of the molecule is N#Cc1cn(C2CCCCC2N)c(=O)[nH]c1=O. The van der Waals surface area contributed by atoms with Crippen molar-refractivity contribution in [1.29, 1.82) is 5.26 Å². The van der Waals surface area contributed by atoms with Crippen molar-refractivity contribution in [2.45, 2.75) is 37.8 Å². The Morgan fingerprint density at radius 3 is 2.76 bits per heavy atom. The first-order valence-electron chi connectivity index (χ1n) is 5.64. The first-order valence-corrected chi connectivity index (χ1v) is 5.64. The van der Waals surface area contributed by atoms with Crippen LogP contribution in [0.3, 0.4) is 0 Å². The van der Waals surface area contributed by atoms with Crippen molar-refractivity contribution < 1.29 is 0 Å². The normalized spacial score (nSPS) is 24.2. The lowest BCUT2D eigenvalue weighted by Crippen LogP contribution is -2.42. The van der Waals surface area contributed by atoms with Crippen LogP contribution >= 0.6 is 0 Å². The summed E-state index contributed by atoms with van der Waals surface area (Å²) >= 11 is 0. The van der Waals surface area contributed by atoms with E-state index in [2.05, 4.69) is 4.98 Å². The van der Waals surface area contributed by atoms with Gasteiger partial charge in [-0.3, -0.25) is 14.3 Å². The lowest BCUT2D eigenvalue weighted by Gasteiger charge is -2.29. The molecule has 0 bridgehead atoms. The third-order valence-electron chi connectivity index (χ3n) is 3.23. The predicted molar refractivity (Wildman–Crippen MR) is 61.5 cm³/mol. The van der Waals surface area contributed by atoms with Crippen LogP contribution < -0.4 is 17.0 Å². The van der Waals surface area contributed by atoms with Crippen LogP contribution in [-0.4, -0.2) is 15.6 Å². The highest BCUT2D eigenvalue weighted by atomic mass is 16.2. The number of aromatic amines is 1. The maximum atomic E-state index is 11.7. The zero-order chi connectivity index (χ0) is 12.4. The molecule has 0 amide bonds. The fourth-order valence-electron chi connectivity index (χ4n) is 2.30. The summed E-state index contributed by atoms with van der Waals surface area (Å²) in [5.41, 5.74) is 4.79. The molecule has 1 heterocycles. The average Bonchev–Trinajstić information content (AvgIpc) is 2.31. The van der Waals surface area contributed by atoms with Crippen LogP contribution in [0.2, 0.25) is 0 Å². The van der Waals surface area contributed by atoms with Crippen molar-refractivity contribution in [1.82, 2.24) is 9.55 Å². The fraction of sp³-hybridized carbons (Fsp3) is 0.545. The van der Waals surface area contributed by atoms with Gasteiger partial charge in [-0.15, -0.1) is 0 Å². The summed E-state index contributed by atoms with van der Waals surface area (Å²) in [4.78, 5) is 25.1. The number of nitrogens with one attached hydrogen (secondary N) is 1. The monoisotopic (exact) mass is 234 g/mol. The largest absolute Gasteiger partial charge is 0.328 e. The Balaban J connectivity index is 2.48. The highest BCUT2D eigenvalue weighted by Gasteiger charge is 2.24. The van der Waals surface area contributed by atoms with E-state index in [1.54, 1.807) is 6.07 Å². The summed E-state index contributed by atoms with van der Waals surface area (Å²) in [5, 5.41) is 8.78. The first kappa shape index (κ1) is 11.6. The fourth-order valence-corrected chi connectivity index (χ4v) is 2.30. The molecule has 0 radical (unpaired) electrons. The van der Waals surface area contributed by atoms with E-state index in [4.69, 9.17) is 11.0 Å². The average molecular weight is 234 g/mol. The molecule has 6 heteroatoms. The van der Waals surface area contributed by atoms with Crippen molar-refractivity contribution >= 4 is 0 Å². The summed E-state index contributed by atoms with van der Waals surface area (Å²) in [6.07, 6.45) is 5.04. The molecule has 1 fully saturated rings. The summed E-state index contributed by atoms with van der Waals surface area (Å²) in [6, 6.07) is 1.55. The number of rotatable bonds is 1. The molecule has 1 saturated carbocycles. The van der Waals surface area contributed by atoms with E-state index < -0.39 is 11.2 Å². The Hall–Kier alpha value is -1.87. The molecular weight excluding hydrogens is 220 g/mol. The van der Waals surface area contributed by atoms with Crippen LogP contribution in [-0.2, 0) is 0 Å². The first-order chi connectivity index (χ1) is 8.13. The Morgan fingerprint density at radius 2 is 2.12 bits per heavy atom. The third kappa shape index (κ3) is 2.15. The second-order valence-corrected chi connectivity index (χ2v) is 4.34. The van der Waals surface area contributed by atoms with E-state index in [1.165, 1.54) is 10.8 Å². The van der Waals surface area contributed by atoms with Crippen LogP contribution in [0.5, 0.6) is 0 Å². The Labute approximate surface area is 97.7 Å². The van der Waals surface area contributed by atoms with Gasteiger partial charge in [0.15, 0.2) is 0 Å². The topological polar surface area (TPSA) is 105 Å². The van der Waals surface area contributed by atoms with Crippen molar-refractivity contribution in [2.75, 3.05) is 0 Å². The van der Waals surface area contributed by atoms with E-state index in [0.717, 1.165) is 25.7 Å². The standard InChI is InChI=1S/C11H14N4O2/c12-5-7-6-15(11(17)14-10(7)16)9-4-2-1-3-8(9)13/h6,8-9H,1-4,13H2,(H,14,16,17). The van der Waals surface area contributed by atoms with Gasteiger partial charge < -0.3 is 5.73 Å². The predicted octanol–water partition coefficient (Wildman–Crippen LogP) is -0.149. The molecule has 0 aliphatic heterocycles. The summed E-state index contributed by atoms with van der Waals surface area (Å²) in [5.74, 6) is 0. The van der Waals surface area contributed by atoms with Gasteiger partial charge >= 0.3 is 5.69 Å². The van der Waals surface area contributed by atoms with Crippen molar-refractivity contribution in [3.05, 3.63) is 32.6 Å². The second kappa shape index (κ2) is 4.55. The zero-order valence-electron chi connectivity index (χ0n) is 9.35. The highest BCUT2D eigenvalue weighted by Crippen LogP contribution is 2.25. The van der Waals surface area contributed by atoms with Crippen molar-refractivity contribution in [3.63, 3.8) is 0 Å². The molecule has 2 rings (SSSR count). The minimum absolute atomic E-state index is 0.0534. The molecule has 0 saturated heterocycles. The van der Waals surface area contributed by atoms with E-state index in [9.17, 15) is 9.59 Å². The maximum Gasteiger partial charge on any atom is 0.328 e. The molecule has 3 N–H and O–H groups in total. The van der Waals surface area contributed by atoms with Gasteiger partial charge in [0, 0.05) is 12.2 Å². The number of nitrogens with zero attached hydrogens (tertiary/aromatic N) is 2. The van der Waals surface area contributed by atoms with E-state index >= 15 is 0 Å². The molecule has 1 aliphatic rings. The Bertz CT molecular complexity index is 566. The van der Waals surface area contributed by atoms with Crippen LogP contribution in [0.25, 0.3) is 0 Å². The maximum absolute atomic E-state index is 11.7. The molecular formula is C11H14N4O2. The molecule has 90 valence electrons. The number of hydrogen-bond donors (Lipinski definition) is 2. The minimum atomic E-state index is -0.641. The molecule has 2 atom stereocenters. The smallest absolute Gasteiger partial charge is 0.326 e. The third-order valence-corrected chi connectivity index (χ3v) is 3.23. The summed E-state index contributed by atoms with van der Waals surface area (Å²) < 4.78 is 1.39. The van der Waals surface area contributed by atoms with Crippen LogP contribution in [0.15, 0.2) is 15.8 Å². The van der Waals surface area contributed by atoms with Gasteiger partial charge in [0.2, 0.25) is 0 Å². The Morgan fingerprint density at radius 1 is 1.41 bits per heavy atom. The lowest BCUT2D eigenvalue weighted by atomic mass is 9.91. The van der Waals surface area contributed by atoms with Gasteiger partial charge in [-0.05, 0) is 12.8 Å². The highest BCUT2D eigenvalue weighted by molar-refractivity contribution is 5.22. The Kier molecular flexibility index (Phi) is 3.11. The van der Waals surface area contributed by atoms with Gasteiger partial charge in [0.25, 0.3) is 5.56 Å². The number of nitriles is 1. The molecule has 1 aromatic heterocycles. The quantitative estimate of drug-likeness (QED) is 0.705. The van der Waals surface area contributed by atoms with Gasteiger partial charge in [-0.25, -0.2) is 4.79 Å². The molecule has 1 aromatic rings. The van der Waals surface area contributed by atoms with E-state index in [0.29, 0.717) is 0 Å². The molecule has 0 aromatic carbocycles. The minimum Gasteiger partial charge on any atom is -0.326 e. The molecule has 6 nitrogen and oxygen atoms in total. The van der Waals surface area contributed by atoms with E-state index in [-0.39, 0.29) is 17.6 Å². The molecule has 0 spiro atoms. The summed E-state index contributed by atoms with van der Waals surface area (Å²) in [6.45, 7) is 0. The van der Waals surface area contributed by atoms with Crippen LogP contribution in [0.4, 0.5) is 0 Å². The van der Waals surface area contributed by atoms with Gasteiger partial charge in [-0.1, -0.05) is 12.8 Å². The number of hydrogen-bond acceptors (Lipinski definition) is 4. The van der Waals surface area contributed by atoms with Gasteiger partial charge in [-0.2, -0.15) is 5.26 Å². The molecule has 1 aliphatic carbocycles. The summed E-state index contributed by atoms with van der Waals surface area (Å²) in [7, 11) is 0. The van der Waals surface area contributed by atoms with Crippen LogP contribution in [0.1, 0.15) is 37.3 Å². The molecule has 2 unspecified atom stereocenters. The van der Waals surface area contributed by atoms with Gasteiger partial charge in [0.05, 0.1) is 6.04 Å². The van der Waals surface area contributed by atoms with Crippen molar-refractivity contribution in [2.24, 2.45) is 5.73 Å². The number of aromatic nitrogens is 2. The lowest BCUT2D eigenvalue weighted by molar-refractivity contribution is 0.297. The number of nitrogens with two attached hydrogens (primary N) is 1. The molecule has 17 heavy (non-hydrogen) atoms. The zero-order valence-corrected chi connectivity index (χ0v) is 9.35. The van der Waals surface area contributed by atoms with E-state index in [1.807, 2.05) is 0 Å². The van der Waals surface area contributed by atoms with Gasteiger partial charge in [0.1, 0.15) is 11.6 Å². The number of H-pyrrole nitrogens is 1. The second-order valence-electron chi connectivity index (χ2n) is 4.34.